The van der Waals surface area contributed by atoms with Crippen molar-refractivity contribution in [2.24, 2.45) is 5.73 Å². The van der Waals surface area contributed by atoms with E-state index in [2.05, 4.69) is 10.3 Å². The molecule has 0 spiro atoms. The van der Waals surface area contributed by atoms with Crippen molar-refractivity contribution in [2.75, 3.05) is 0 Å². The van der Waals surface area contributed by atoms with E-state index in [1.165, 1.54) is 21.8 Å². The predicted octanol–water partition coefficient (Wildman–Crippen LogP) is 3.39. The van der Waals surface area contributed by atoms with Crippen LogP contribution in [-0.4, -0.2) is 21.4 Å². The van der Waals surface area contributed by atoms with Crippen LogP contribution in [0, 0.1) is 0 Å². The molecular formula is C23H20N4O5S. The van der Waals surface area contributed by atoms with E-state index in [1.807, 2.05) is 30.3 Å². The van der Waals surface area contributed by atoms with Gasteiger partial charge in [0.15, 0.2) is 4.96 Å². The zero-order valence-corrected chi connectivity index (χ0v) is 18.2. The normalized spacial score (nSPS) is 11.6. The second kappa shape index (κ2) is 9.96. The number of esters is 1. The maximum Gasteiger partial charge on any atom is 0.312 e. The maximum atomic E-state index is 12.5. The Kier molecular flexibility index (Phi) is 6.65. The van der Waals surface area contributed by atoms with Crippen molar-refractivity contribution >= 4 is 28.3 Å². The van der Waals surface area contributed by atoms with Gasteiger partial charge in [0, 0.05) is 17.6 Å². The fourth-order valence-corrected chi connectivity index (χ4v) is 3.92. The highest BCUT2D eigenvalue weighted by atomic mass is 32.1. The van der Waals surface area contributed by atoms with E-state index in [9.17, 15) is 14.4 Å². The number of urea groups is 1. The van der Waals surface area contributed by atoms with Gasteiger partial charge in [-0.05, 0) is 29.8 Å². The highest BCUT2D eigenvalue weighted by Crippen LogP contribution is 2.26. The van der Waals surface area contributed by atoms with E-state index >= 15 is 0 Å². The highest BCUT2D eigenvalue weighted by molar-refractivity contribution is 7.15. The fourth-order valence-electron chi connectivity index (χ4n) is 3.19. The molecule has 2 amide bonds. The summed E-state index contributed by atoms with van der Waals surface area (Å²) in [7, 11) is 0. The van der Waals surface area contributed by atoms with E-state index in [4.69, 9.17) is 15.2 Å². The topological polar surface area (TPSA) is 125 Å². The van der Waals surface area contributed by atoms with Crippen LogP contribution in [0.1, 0.15) is 23.7 Å². The van der Waals surface area contributed by atoms with Gasteiger partial charge in [0.1, 0.15) is 18.1 Å². The molecule has 2 aromatic heterocycles. The minimum atomic E-state index is -0.778. The van der Waals surface area contributed by atoms with Gasteiger partial charge in [-0.15, -0.1) is 11.3 Å². The summed E-state index contributed by atoms with van der Waals surface area (Å²) in [5.41, 5.74) is 6.02. The zero-order chi connectivity index (χ0) is 23.2. The Bertz CT molecular complexity index is 1340. The van der Waals surface area contributed by atoms with Crippen LogP contribution in [0.25, 0.3) is 4.96 Å². The van der Waals surface area contributed by atoms with Crippen LogP contribution >= 0.6 is 11.3 Å². The van der Waals surface area contributed by atoms with Crippen molar-refractivity contribution < 1.29 is 19.1 Å². The lowest BCUT2D eigenvalue weighted by molar-refractivity contribution is -0.145. The maximum absolute atomic E-state index is 12.5. The number of aromatic nitrogens is 2. The Morgan fingerprint density at radius 1 is 1.09 bits per heavy atom. The Morgan fingerprint density at radius 3 is 2.67 bits per heavy atom. The van der Waals surface area contributed by atoms with E-state index in [0.717, 1.165) is 0 Å². The van der Waals surface area contributed by atoms with E-state index < -0.39 is 18.0 Å². The molecule has 2 aromatic carbocycles. The van der Waals surface area contributed by atoms with Crippen LogP contribution in [0.4, 0.5) is 4.79 Å². The molecule has 0 bridgehead atoms. The first-order valence-electron chi connectivity index (χ1n) is 9.98. The Balaban J connectivity index is 1.44. The molecule has 4 rings (SSSR count). The lowest BCUT2D eigenvalue weighted by atomic mass is 10.0. The molecule has 0 unspecified atom stereocenters. The number of fused-ring (bicyclic) bond motifs is 1. The summed E-state index contributed by atoms with van der Waals surface area (Å²) in [5.74, 6) is 0.605. The average Bonchev–Trinajstić information content (AvgIpc) is 3.27. The Hall–Kier alpha value is -4.18. The third kappa shape index (κ3) is 5.74. The molecule has 3 N–H and O–H groups in total. The number of ether oxygens (including phenoxy) is 2. The van der Waals surface area contributed by atoms with Crippen molar-refractivity contribution in [3.8, 4) is 11.5 Å². The first-order valence-corrected chi connectivity index (χ1v) is 10.9. The van der Waals surface area contributed by atoms with Crippen LogP contribution in [-0.2, 0) is 16.1 Å². The molecule has 0 saturated heterocycles. The summed E-state index contributed by atoms with van der Waals surface area (Å²) >= 11 is 1.30. The minimum Gasteiger partial charge on any atom is -0.459 e. The van der Waals surface area contributed by atoms with Gasteiger partial charge in [-0.2, -0.15) is 0 Å². The summed E-state index contributed by atoms with van der Waals surface area (Å²) in [6.45, 7) is -0.164. The Labute approximate surface area is 192 Å². The number of amides is 2. The first kappa shape index (κ1) is 22.0. The number of para-hydroxylation sites is 1. The van der Waals surface area contributed by atoms with Crippen molar-refractivity contribution in [3.63, 3.8) is 0 Å². The molecule has 0 aliphatic rings. The molecule has 9 nitrogen and oxygen atoms in total. The van der Waals surface area contributed by atoms with Gasteiger partial charge >= 0.3 is 12.0 Å². The summed E-state index contributed by atoms with van der Waals surface area (Å²) in [6, 6.07) is 16.0. The van der Waals surface area contributed by atoms with Gasteiger partial charge in [-0.25, -0.2) is 9.78 Å². The number of nitrogens with zero attached hydrogens (tertiary/aromatic N) is 2. The van der Waals surface area contributed by atoms with Gasteiger partial charge in [-0.3, -0.25) is 14.0 Å². The summed E-state index contributed by atoms with van der Waals surface area (Å²) in [5, 5.41) is 4.31. The molecule has 2 heterocycles. The van der Waals surface area contributed by atoms with Crippen LogP contribution in [0.3, 0.4) is 0 Å². The van der Waals surface area contributed by atoms with Crippen molar-refractivity contribution in [3.05, 3.63) is 93.9 Å². The van der Waals surface area contributed by atoms with Gasteiger partial charge in [0.2, 0.25) is 0 Å². The van der Waals surface area contributed by atoms with Crippen molar-refractivity contribution in [1.82, 2.24) is 14.7 Å². The number of rotatable bonds is 8. The summed E-state index contributed by atoms with van der Waals surface area (Å²) in [4.78, 5) is 40.9. The minimum absolute atomic E-state index is 0.164. The van der Waals surface area contributed by atoms with Crippen molar-refractivity contribution in [1.29, 1.82) is 0 Å². The van der Waals surface area contributed by atoms with Gasteiger partial charge < -0.3 is 20.5 Å². The lowest BCUT2D eigenvalue weighted by Gasteiger charge is -2.18. The molecule has 33 heavy (non-hydrogen) atoms. The second-order valence-corrected chi connectivity index (χ2v) is 7.93. The molecule has 168 valence electrons. The predicted molar refractivity (Wildman–Crippen MR) is 122 cm³/mol. The number of nitrogens with two attached hydrogens (primary N) is 1. The van der Waals surface area contributed by atoms with Crippen molar-refractivity contribution in [2.45, 2.75) is 19.1 Å². The molecule has 0 aliphatic carbocycles. The molecule has 10 heteroatoms. The molecule has 0 fully saturated rings. The third-order valence-electron chi connectivity index (χ3n) is 4.66. The Morgan fingerprint density at radius 2 is 1.88 bits per heavy atom. The van der Waals surface area contributed by atoms with E-state index in [0.29, 0.717) is 27.7 Å². The number of carbonyl (C=O) groups excluding carboxylic acids is 2. The van der Waals surface area contributed by atoms with Gasteiger partial charge in [-0.1, -0.05) is 30.3 Å². The van der Waals surface area contributed by atoms with Crippen LogP contribution in [0.5, 0.6) is 11.5 Å². The molecule has 1 atom stereocenters. The average molecular weight is 465 g/mol. The van der Waals surface area contributed by atoms with Gasteiger partial charge in [0.25, 0.3) is 5.56 Å². The number of hydrogen-bond acceptors (Lipinski definition) is 7. The SMILES string of the molecule is NC(=O)N[C@@H](CC(=O)OCc1cc(=O)n2ccsc2n1)c1cccc(Oc2ccccc2)c1. The zero-order valence-electron chi connectivity index (χ0n) is 17.3. The fraction of sp³-hybridized carbons (Fsp3) is 0.130. The molecule has 4 aromatic rings. The highest BCUT2D eigenvalue weighted by Gasteiger charge is 2.20. The number of thiazole rings is 1. The number of primary amides is 1. The summed E-state index contributed by atoms with van der Waals surface area (Å²) < 4.78 is 12.5. The number of hydrogen-bond donors (Lipinski definition) is 2. The van der Waals surface area contributed by atoms with E-state index in [-0.39, 0.29) is 18.6 Å². The van der Waals surface area contributed by atoms with Crippen LogP contribution in [0.15, 0.2) is 77.0 Å². The van der Waals surface area contributed by atoms with E-state index in [1.54, 1.807) is 35.8 Å². The summed E-state index contributed by atoms with van der Waals surface area (Å²) in [6.07, 6.45) is 1.46. The molecule has 0 aliphatic heterocycles. The lowest BCUT2D eigenvalue weighted by Crippen LogP contribution is -2.34. The molecule has 0 radical (unpaired) electrons. The molecule has 0 saturated carbocycles. The van der Waals surface area contributed by atoms with Gasteiger partial charge in [0.05, 0.1) is 18.2 Å². The number of carbonyl (C=O) groups is 2. The standard InChI is InChI=1S/C23H20N4O5S/c24-22(30)26-19(15-5-4-8-18(11-15)32-17-6-2-1-3-7-17)13-21(29)31-14-16-12-20(28)27-9-10-33-23(27)25-16/h1-12,19H,13-14H2,(H3,24,26,30)/t19-/m0/s1. The van der Waals surface area contributed by atoms with Crippen LogP contribution in [0.2, 0.25) is 0 Å². The molecular weight excluding hydrogens is 444 g/mol. The quantitative estimate of drug-likeness (QED) is 0.385. The third-order valence-corrected chi connectivity index (χ3v) is 5.42. The van der Waals surface area contributed by atoms with Crippen LogP contribution < -0.4 is 21.3 Å². The number of nitrogens with one attached hydrogen (secondary N) is 1. The first-order chi connectivity index (χ1) is 16.0. The largest absolute Gasteiger partial charge is 0.459 e. The smallest absolute Gasteiger partial charge is 0.312 e. The monoisotopic (exact) mass is 464 g/mol. The number of benzene rings is 2. The second-order valence-electron chi connectivity index (χ2n) is 7.05.